The highest BCUT2D eigenvalue weighted by molar-refractivity contribution is 6.33. The average Bonchev–Trinajstić information content (AvgIpc) is 2.40. The van der Waals surface area contributed by atoms with Crippen LogP contribution in [0, 0.1) is 0 Å². The number of hydrogen-bond acceptors (Lipinski definition) is 7. The summed E-state index contributed by atoms with van der Waals surface area (Å²) < 4.78 is 9.69. The molecule has 0 atom stereocenters. The summed E-state index contributed by atoms with van der Waals surface area (Å²) in [6.45, 7) is 0. The lowest BCUT2D eigenvalue weighted by molar-refractivity contribution is 0.288. The van der Waals surface area contributed by atoms with Crippen molar-refractivity contribution in [2.75, 3.05) is 12.8 Å². The van der Waals surface area contributed by atoms with E-state index in [4.69, 9.17) is 25.2 Å². The number of nitrogens with zero attached hydrogens (tertiary/aromatic N) is 2. The molecule has 0 aliphatic heterocycles. The maximum absolute atomic E-state index is 8.75. The molecule has 0 amide bonds. The third kappa shape index (κ3) is 3.12. The normalized spacial score (nSPS) is 10.1. The second-order valence-electron chi connectivity index (χ2n) is 3.64. The first-order valence-electron chi connectivity index (χ1n) is 5.39. The van der Waals surface area contributed by atoms with Gasteiger partial charge in [0.1, 0.15) is 11.6 Å². The smallest absolute Gasteiger partial charge is 0.511 e. The minimum atomic E-state index is -1.91. The van der Waals surface area contributed by atoms with Gasteiger partial charge < -0.3 is 25.2 Å². The molecule has 0 aromatic carbocycles. The van der Waals surface area contributed by atoms with Crippen LogP contribution in [-0.4, -0.2) is 34.4 Å². The van der Waals surface area contributed by atoms with Crippen molar-refractivity contribution in [3.63, 3.8) is 0 Å². The number of hydrogen-bond donors (Lipinski definition) is 3. The molecule has 0 saturated carbocycles. The number of rotatable bonds is 4. The molecule has 7 nitrogen and oxygen atoms in total. The predicted molar refractivity (Wildman–Crippen MR) is 69.3 cm³/mol. The Labute approximate surface area is 109 Å². The van der Waals surface area contributed by atoms with Crippen molar-refractivity contribution in [1.82, 2.24) is 9.97 Å². The van der Waals surface area contributed by atoms with E-state index in [1.54, 1.807) is 24.4 Å². The van der Waals surface area contributed by atoms with Gasteiger partial charge in [-0.1, -0.05) is 0 Å². The number of nitrogens with two attached hydrogens (primary N) is 1. The van der Waals surface area contributed by atoms with E-state index < -0.39 is 7.32 Å². The summed E-state index contributed by atoms with van der Waals surface area (Å²) in [7, 11) is -0.387. The zero-order valence-corrected chi connectivity index (χ0v) is 10.1. The Morgan fingerprint density at radius 2 is 2.00 bits per heavy atom. The summed E-state index contributed by atoms with van der Waals surface area (Å²) in [5, 5.41) is 17.5. The van der Waals surface area contributed by atoms with Gasteiger partial charge >= 0.3 is 7.32 Å². The lowest BCUT2D eigenvalue weighted by Crippen LogP contribution is -2.20. The van der Waals surface area contributed by atoms with Crippen molar-refractivity contribution in [3.8, 4) is 22.8 Å². The van der Waals surface area contributed by atoms with Gasteiger partial charge in [0, 0.05) is 23.4 Å². The topological polar surface area (TPSA) is 111 Å². The van der Waals surface area contributed by atoms with Crippen molar-refractivity contribution in [3.05, 3.63) is 30.6 Å². The Morgan fingerprint density at radius 1 is 1.21 bits per heavy atom. The molecular formula is C11H12BN3O4. The lowest BCUT2D eigenvalue weighted by Gasteiger charge is -2.09. The summed E-state index contributed by atoms with van der Waals surface area (Å²) in [6.07, 6.45) is 2.88. The van der Waals surface area contributed by atoms with E-state index in [2.05, 4.69) is 9.97 Å². The Hall–Kier alpha value is -2.32. The SMILES string of the molecule is COc1ccc(-c2cc(OB(O)O)cnc2N)cn1. The molecule has 0 bridgehead atoms. The zero-order chi connectivity index (χ0) is 13.8. The van der Waals surface area contributed by atoms with Crippen molar-refractivity contribution < 1.29 is 19.4 Å². The molecule has 2 heterocycles. The van der Waals surface area contributed by atoms with Crippen molar-refractivity contribution in [2.45, 2.75) is 0 Å². The monoisotopic (exact) mass is 261 g/mol. The quantitative estimate of drug-likeness (QED) is 0.668. The number of anilines is 1. The Balaban J connectivity index is 2.36. The van der Waals surface area contributed by atoms with Crippen LogP contribution in [0.4, 0.5) is 5.82 Å². The Kier molecular flexibility index (Phi) is 3.83. The van der Waals surface area contributed by atoms with Crippen molar-refractivity contribution in [2.24, 2.45) is 0 Å². The molecule has 0 spiro atoms. The third-order valence-electron chi connectivity index (χ3n) is 2.39. The second kappa shape index (κ2) is 5.55. The molecule has 0 aliphatic carbocycles. The van der Waals surface area contributed by atoms with Gasteiger partial charge in [0.2, 0.25) is 5.88 Å². The molecule has 0 aliphatic rings. The number of aromatic nitrogens is 2. The molecule has 98 valence electrons. The highest BCUT2D eigenvalue weighted by Gasteiger charge is 2.13. The van der Waals surface area contributed by atoms with Crippen LogP contribution in [0.2, 0.25) is 0 Å². The van der Waals surface area contributed by atoms with Crippen LogP contribution in [0.25, 0.3) is 11.1 Å². The summed E-state index contributed by atoms with van der Waals surface area (Å²) in [5.74, 6) is 0.954. The fourth-order valence-corrected chi connectivity index (χ4v) is 1.53. The zero-order valence-electron chi connectivity index (χ0n) is 10.1. The minimum Gasteiger partial charge on any atom is -0.511 e. The lowest BCUT2D eigenvalue weighted by atomic mass is 10.1. The first-order chi connectivity index (χ1) is 9.10. The maximum Gasteiger partial charge on any atom is 0.707 e. The van der Waals surface area contributed by atoms with Crippen LogP contribution in [0.3, 0.4) is 0 Å². The first-order valence-corrected chi connectivity index (χ1v) is 5.39. The van der Waals surface area contributed by atoms with Crippen LogP contribution in [-0.2, 0) is 0 Å². The molecule has 2 aromatic rings. The van der Waals surface area contributed by atoms with E-state index in [0.29, 0.717) is 17.0 Å². The van der Waals surface area contributed by atoms with Gasteiger partial charge in [0.15, 0.2) is 0 Å². The van der Waals surface area contributed by atoms with Gasteiger partial charge in [-0.2, -0.15) is 0 Å². The molecule has 0 unspecified atom stereocenters. The van der Waals surface area contributed by atoms with E-state index in [1.165, 1.54) is 13.3 Å². The summed E-state index contributed by atoms with van der Waals surface area (Å²) in [4.78, 5) is 7.98. The van der Waals surface area contributed by atoms with E-state index in [1.807, 2.05) is 0 Å². The molecule has 2 rings (SSSR count). The van der Waals surface area contributed by atoms with Crippen LogP contribution >= 0.6 is 0 Å². The standard InChI is InChI=1S/C11H12BN3O4/c1-18-10-3-2-7(5-14-10)9-4-8(19-12(16)17)6-15-11(9)13/h2-6,16-17H,1H3,(H2,13,15). The number of nitrogen functional groups attached to an aromatic ring is 1. The van der Waals surface area contributed by atoms with E-state index >= 15 is 0 Å². The predicted octanol–water partition coefficient (Wildman–Crippen LogP) is 0.0827. The van der Waals surface area contributed by atoms with Crippen LogP contribution in [0.5, 0.6) is 11.6 Å². The van der Waals surface area contributed by atoms with Crippen molar-refractivity contribution in [1.29, 1.82) is 0 Å². The van der Waals surface area contributed by atoms with Crippen LogP contribution < -0.4 is 15.1 Å². The highest BCUT2D eigenvalue weighted by atomic mass is 16.6. The van der Waals surface area contributed by atoms with Gasteiger partial charge in [-0.25, -0.2) is 9.97 Å². The number of pyridine rings is 2. The molecule has 4 N–H and O–H groups in total. The van der Waals surface area contributed by atoms with Gasteiger partial charge in [0.05, 0.1) is 13.3 Å². The second-order valence-corrected chi connectivity index (χ2v) is 3.64. The summed E-state index contributed by atoms with van der Waals surface area (Å²) >= 11 is 0. The summed E-state index contributed by atoms with van der Waals surface area (Å²) in [6, 6.07) is 4.99. The van der Waals surface area contributed by atoms with Crippen LogP contribution in [0.1, 0.15) is 0 Å². The van der Waals surface area contributed by atoms with Gasteiger partial charge in [-0.3, -0.25) is 0 Å². The first kappa shape index (κ1) is 13.1. The largest absolute Gasteiger partial charge is 0.707 e. The molecular weight excluding hydrogens is 249 g/mol. The van der Waals surface area contributed by atoms with E-state index in [0.717, 1.165) is 0 Å². The number of methoxy groups -OCH3 is 1. The number of ether oxygens (including phenoxy) is 1. The molecule has 0 fully saturated rings. The Morgan fingerprint density at radius 3 is 2.58 bits per heavy atom. The fourth-order valence-electron chi connectivity index (χ4n) is 1.53. The van der Waals surface area contributed by atoms with E-state index in [-0.39, 0.29) is 11.6 Å². The fraction of sp³-hybridized carbons (Fsp3) is 0.0909. The van der Waals surface area contributed by atoms with Crippen molar-refractivity contribution >= 4 is 13.1 Å². The third-order valence-corrected chi connectivity index (χ3v) is 2.39. The molecule has 0 radical (unpaired) electrons. The molecule has 8 heteroatoms. The summed E-state index contributed by atoms with van der Waals surface area (Å²) in [5.41, 5.74) is 7.06. The highest BCUT2D eigenvalue weighted by Crippen LogP contribution is 2.28. The average molecular weight is 261 g/mol. The molecule has 0 saturated heterocycles. The van der Waals surface area contributed by atoms with Gasteiger partial charge in [0.25, 0.3) is 0 Å². The Bertz CT molecular complexity index is 562. The van der Waals surface area contributed by atoms with Gasteiger partial charge in [-0.05, 0) is 12.1 Å². The molecule has 2 aromatic heterocycles. The maximum atomic E-state index is 8.75. The van der Waals surface area contributed by atoms with Gasteiger partial charge in [-0.15, -0.1) is 0 Å². The minimum absolute atomic E-state index is 0.190. The van der Waals surface area contributed by atoms with Crippen LogP contribution in [0.15, 0.2) is 30.6 Å². The molecule has 19 heavy (non-hydrogen) atoms. The van der Waals surface area contributed by atoms with E-state index in [9.17, 15) is 0 Å².